The molecule has 0 aliphatic carbocycles. The van der Waals surface area contributed by atoms with Gasteiger partial charge in [0.05, 0.1) is 12.5 Å². The third kappa shape index (κ3) is 4.36. The van der Waals surface area contributed by atoms with E-state index in [-0.39, 0.29) is 24.4 Å². The average molecular weight is 359 g/mol. The van der Waals surface area contributed by atoms with Crippen molar-refractivity contribution in [2.75, 3.05) is 32.7 Å². The standard InChI is InChI=1S/C20H29N3O3/c1-20(26,17-9-3-2-4-10-17)15-21-18(24)16-8-7-13-23(14-16)19(25)22-11-5-6-12-22/h2-4,9-10,16,26H,5-8,11-15H2,1H3,(H,21,24)/t16-,20-/m1/s1. The maximum Gasteiger partial charge on any atom is 0.320 e. The van der Waals surface area contributed by atoms with Crippen molar-refractivity contribution in [2.24, 2.45) is 5.92 Å². The number of hydrogen-bond acceptors (Lipinski definition) is 3. The Hall–Kier alpha value is -2.08. The van der Waals surface area contributed by atoms with Gasteiger partial charge in [-0.05, 0) is 38.2 Å². The summed E-state index contributed by atoms with van der Waals surface area (Å²) in [5.41, 5.74) is -0.341. The number of urea groups is 1. The zero-order valence-corrected chi connectivity index (χ0v) is 15.5. The van der Waals surface area contributed by atoms with Gasteiger partial charge in [0, 0.05) is 26.2 Å². The van der Waals surface area contributed by atoms with E-state index in [1.165, 1.54) is 0 Å². The maximum atomic E-state index is 12.6. The van der Waals surface area contributed by atoms with Gasteiger partial charge >= 0.3 is 6.03 Å². The van der Waals surface area contributed by atoms with Gasteiger partial charge < -0.3 is 20.2 Å². The van der Waals surface area contributed by atoms with E-state index < -0.39 is 5.60 Å². The van der Waals surface area contributed by atoms with E-state index in [1.54, 1.807) is 6.92 Å². The van der Waals surface area contributed by atoms with Crippen LogP contribution in [-0.2, 0) is 10.4 Å². The van der Waals surface area contributed by atoms with Gasteiger partial charge in [0.25, 0.3) is 0 Å². The molecule has 2 N–H and O–H groups in total. The largest absolute Gasteiger partial charge is 0.384 e. The van der Waals surface area contributed by atoms with Gasteiger partial charge in [0.15, 0.2) is 0 Å². The number of carbonyl (C=O) groups excluding carboxylic acids is 2. The van der Waals surface area contributed by atoms with E-state index >= 15 is 0 Å². The van der Waals surface area contributed by atoms with E-state index in [0.717, 1.165) is 50.9 Å². The number of aliphatic hydroxyl groups is 1. The first-order valence-electron chi connectivity index (χ1n) is 9.57. The molecule has 2 heterocycles. The van der Waals surface area contributed by atoms with Gasteiger partial charge in [0.1, 0.15) is 5.60 Å². The van der Waals surface area contributed by atoms with Crippen LogP contribution >= 0.6 is 0 Å². The van der Waals surface area contributed by atoms with Crippen LogP contribution in [-0.4, -0.2) is 59.6 Å². The molecule has 2 atom stereocenters. The highest BCUT2D eigenvalue weighted by atomic mass is 16.3. The first-order chi connectivity index (χ1) is 12.5. The first kappa shape index (κ1) is 18.7. The normalized spacial score (nSPS) is 22.8. The molecule has 2 saturated heterocycles. The van der Waals surface area contributed by atoms with E-state index in [4.69, 9.17) is 0 Å². The predicted octanol–water partition coefficient (Wildman–Crippen LogP) is 1.94. The highest BCUT2D eigenvalue weighted by molar-refractivity contribution is 5.81. The number of piperidine rings is 1. The molecule has 0 radical (unpaired) electrons. The van der Waals surface area contributed by atoms with Crippen molar-refractivity contribution in [3.05, 3.63) is 35.9 Å². The highest BCUT2D eigenvalue weighted by Gasteiger charge is 2.32. The Morgan fingerprint density at radius 1 is 1.12 bits per heavy atom. The number of nitrogens with one attached hydrogen (secondary N) is 1. The van der Waals surface area contributed by atoms with E-state index in [9.17, 15) is 14.7 Å². The van der Waals surface area contributed by atoms with Crippen molar-refractivity contribution in [3.63, 3.8) is 0 Å². The lowest BCUT2D eigenvalue weighted by Gasteiger charge is -2.35. The molecule has 0 unspecified atom stereocenters. The molecule has 26 heavy (non-hydrogen) atoms. The molecule has 142 valence electrons. The average Bonchev–Trinajstić information content (AvgIpc) is 3.21. The quantitative estimate of drug-likeness (QED) is 0.863. The Bertz CT molecular complexity index is 626. The minimum Gasteiger partial charge on any atom is -0.384 e. The van der Waals surface area contributed by atoms with Crippen LogP contribution in [0.1, 0.15) is 38.2 Å². The molecule has 6 heteroatoms. The van der Waals surface area contributed by atoms with E-state index in [1.807, 2.05) is 40.1 Å². The molecular weight excluding hydrogens is 330 g/mol. The van der Waals surface area contributed by atoms with Crippen molar-refractivity contribution < 1.29 is 14.7 Å². The Morgan fingerprint density at radius 2 is 1.77 bits per heavy atom. The van der Waals surface area contributed by atoms with Crippen molar-refractivity contribution in [1.29, 1.82) is 0 Å². The number of likely N-dealkylation sites (tertiary alicyclic amines) is 2. The third-order valence-electron chi connectivity index (χ3n) is 5.44. The van der Waals surface area contributed by atoms with Crippen LogP contribution in [0.3, 0.4) is 0 Å². The Balaban J connectivity index is 1.53. The first-order valence-corrected chi connectivity index (χ1v) is 9.57. The van der Waals surface area contributed by atoms with Gasteiger partial charge in [-0.1, -0.05) is 30.3 Å². The SMILES string of the molecule is C[C@@](O)(CNC(=O)[C@@H]1CCCN(C(=O)N2CCCC2)C1)c1ccccc1. The van der Waals surface area contributed by atoms with Gasteiger partial charge in [-0.25, -0.2) is 4.79 Å². The Kier molecular flexibility index (Phi) is 5.81. The smallest absolute Gasteiger partial charge is 0.320 e. The fraction of sp³-hybridized carbons (Fsp3) is 0.600. The molecule has 0 bridgehead atoms. The molecule has 3 amide bonds. The lowest BCUT2D eigenvalue weighted by molar-refractivity contribution is -0.127. The van der Waals surface area contributed by atoms with Gasteiger partial charge in [-0.3, -0.25) is 4.79 Å². The zero-order valence-electron chi connectivity index (χ0n) is 15.5. The molecule has 3 rings (SSSR count). The van der Waals surface area contributed by atoms with Crippen LogP contribution in [0.25, 0.3) is 0 Å². The third-order valence-corrected chi connectivity index (χ3v) is 5.44. The number of amides is 3. The minimum absolute atomic E-state index is 0.0660. The second-order valence-corrected chi connectivity index (χ2v) is 7.62. The van der Waals surface area contributed by atoms with Gasteiger partial charge in [-0.15, -0.1) is 0 Å². The van der Waals surface area contributed by atoms with Gasteiger partial charge in [0.2, 0.25) is 5.91 Å². The minimum atomic E-state index is -1.11. The lowest BCUT2D eigenvalue weighted by Crippen LogP contribution is -2.50. The fourth-order valence-electron chi connectivity index (χ4n) is 3.78. The summed E-state index contributed by atoms with van der Waals surface area (Å²) in [5.74, 6) is -0.290. The van der Waals surface area contributed by atoms with Crippen molar-refractivity contribution in [3.8, 4) is 0 Å². The Morgan fingerprint density at radius 3 is 2.46 bits per heavy atom. The molecule has 0 spiro atoms. The fourth-order valence-corrected chi connectivity index (χ4v) is 3.78. The number of rotatable bonds is 4. The Labute approximate surface area is 155 Å². The molecule has 1 aromatic carbocycles. The van der Waals surface area contributed by atoms with Crippen molar-refractivity contribution in [1.82, 2.24) is 15.1 Å². The van der Waals surface area contributed by atoms with Crippen LogP contribution < -0.4 is 5.32 Å². The molecule has 1 aromatic rings. The van der Waals surface area contributed by atoms with Crippen LogP contribution in [0, 0.1) is 5.92 Å². The summed E-state index contributed by atoms with van der Waals surface area (Å²) in [6.45, 7) is 4.70. The van der Waals surface area contributed by atoms with E-state index in [2.05, 4.69) is 5.32 Å². The summed E-state index contributed by atoms with van der Waals surface area (Å²) in [4.78, 5) is 28.8. The van der Waals surface area contributed by atoms with Crippen LogP contribution in [0.5, 0.6) is 0 Å². The maximum absolute atomic E-state index is 12.6. The van der Waals surface area contributed by atoms with Crippen LogP contribution in [0.4, 0.5) is 4.79 Å². The molecule has 2 aliphatic rings. The molecule has 6 nitrogen and oxygen atoms in total. The predicted molar refractivity (Wildman–Crippen MR) is 99.5 cm³/mol. The summed E-state index contributed by atoms with van der Waals surface area (Å²) in [7, 11) is 0. The molecule has 2 fully saturated rings. The zero-order chi connectivity index (χ0) is 18.6. The monoisotopic (exact) mass is 359 g/mol. The second kappa shape index (κ2) is 8.08. The van der Waals surface area contributed by atoms with E-state index in [0.29, 0.717) is 6.54 Å². The summed E-state index contributed by atoms with van der Waals surface area (Å²) < 4.78 is 0. The second-order valence-electron chi connectivity index (χ2n) is 7.62. The summed E-state index contributed by atoms with van der Waals surface area (Å²) in [6.07, 6.45) is 3.76. The number of hydrogen-bond donors (Lipinski definition) is 2. The number of benzene rings is 1. The van der Waals surface area contributed by atoms with Gasteiger partial charge in [-0.2, -0.15) is 0 Å². The molecule has 2 aliphatic heterocycles. The summed E-state index contributed by atoms with van der Waals surface area (Å²) in [6, 6.07) is 9.40. The molecule has 0 aromatic heterocycles. The molecule has 0 saturated carbocycles. The number of nitrogens with zero attached hydrogens (tertiary/aromatic N) is 2. The molecular formula is C20H29N3O3. The van der Waals surface area contributed by atoms with Crippen molar-refractivity contribution in [2.45, 2.75) is 38.2 Å². The topological polar surface area (TPSA) is 72.9 Å². The lowest BCUT2D eigenvalue weighted by atomic mass is 9.94. The highest BCUT2D eigenvalue weighted by Crippen LogP contribution is 2.22. The van der Waals surface area contributed by atoms with Crippen LogP contribution in [0.2, 0.25) is 0 Å². The van der Waals surface area contributed by atoms with Crippen molar-refractivity contribution >= 4 is 11.9 Å². The number of carbonyl (C=O) groups is 2. The summed E-state index contributed by atoms with van der Waals surface area (Å²) in [5, 5.41) is 13.5. The summed E-state index contributed by atoms with van der Waals surface area (Å²) >= 11 is 0. The van der Waals surface area contributed by atoms with Crippen LogP contribution in [0.15, 0.2) is 30.3 Å².